The van der Waals surface area contributed by atoms with Crippen LogP contribution in [-0.4, -0.2) is 44.3 Å². The molecule has 0 spiro atoms. The maximum atomic E-state index is 12.5. The molecule has 122 valence electrons. The molecule has 0 saturated heterocycles. The van der Waals surface area contributed by atoms with Crippen molar-refractivity contribution in [3.63, 3.8) is 0 Å². The standard InChI is InChI=1S/C17H21N3O3/c1-11-10-12(2)20(18-11)14-8-6-13(7-9-14)15(21)19(5)17(3,4)16(22)23/h6-10H,1-5H3,(H,22,23). The van der Waals surface area contributed by atoms with E-state index >= 15 is 0 Å². The SMILES string of the molecule is Cc1cc(C)n(-c2ccc(C(=O)N(C)C(C)(C)C(=O)O)cc2)n1. The van der Waals surface area contributed by atoms with Crippen LogP contribution in [0.5, 0.6) is 0 Å². The van der Waals surface area contributed by atoms with Crippen molar-refractivity contribution >= 4 is 11.9 Å². The summed E-state index contributed by atoms with van der Waals surface area (Å²) >= 11 is 0. The summed E-state index contributed by atoms with van der Waals surface area (Å²) < 4.78 is 1.80. The highest BCUT2D eigenvalue weighted by atomic mass is 16.4. The molecule has 0 atom stereocenters. The fraction of sp³-hybridized carbons (Fsp3) is 0.353. The van der Waals surface area contributed by atoms with Crippen LogP contribution < -0.4 is 0 Å². The van der Waals surface area contributed by atoms with Crippen LogP contribution in [0.1, 0.15) is 35.6 Å². The Kier molecular flexibility index (Phi) is 4.27. The summed E-state index contributed by atoms with van der Waals surface area (Å²) in [4.78, 5) is 25.0. The van der Waals surface area contributed by atoms with Crippen LogP contribution in [0, 0.1) is 13.8 Å². The molecule has 6 nitrogen and oxygen atoms in total. The lowest BCUT2D eigenvalue weighted by atomic mass is 10.0. The first-order chi connectivity index (χ1) is 10.6. The second-order valence-corrected chi connectivity index (χ2v) is 6.11. The number of hydrogen-bond donors (Lipinski definition) is 1. The van der Waals surface area contributed by atoms with E-state index in [0.29, 0.717) is 5.56 Å². The third-order valence-electron chi connectivity index (χ3n) is 4.03. The molecule has 2 rings (SSSR count). The van der Waals surface area contributed by atoms with Gasteiger partial charge in [0.1, 0.15) is 5.54 Å². The number of carbonyl (C=O) groups is 2. The van der Waals surface area contributed by atoms with Crippen LogP contribution in [-0.2, 0) is 4.79 Å². The van der Waals surface area contributed by atoms with Gasteiger partial charge in [-0.25, -0.2) is 9.48 Å². The van der Waals surface area contributed by atoms with E-state index in [2.05, 4.69) is 5.10 Å². The number of aliphatic carboxylic acids is 1. The molecule has 0 radical (unpaired) electrons. The van der Waals surface area contributed by atoms with Crippen molar-refractivity contribution in [2.75, 3.05) is 7.05 Å². The van der Waals surface area contributed by atoms with E-state index in [0.717, 1.165) is 17.1 Å². The van der Waals surface area contributed by atoms with Gasteiger partial charge in [0.25, 0.3) is 5.91 Å². The third kappa shape index (κ3) is 3.11. The van der Waals surface area contributed by atoms with Gasteiger partial charge in [0.2, 0.25) is 0 Å². The van der Waals surface area contributed by atoms with Crippen LogP contribution in [0.4, 0.5) is 0 Å². The van der Waals surface area contributed by atoms with Crippen LogP contribution in [0.2, 0.25) is 0 Å². The normalized spacial score (nSPS) is 11.3. The van der Waals surface area contributed by atoms with Gasteiger partial charge in [0.05, 0.1) is 11.4 Å². The van der Waals surface area contributed by atoms with E-state index in [4.69, 9.17) is 0 Å². The van der Waals surface area contributed by atoms with Crippen molar-refractivity contribution in [1.29, 1.82) is 0 Å². The van der Waals surface area contributed by atoms with E-state index in [1.807, 2.05) is 19.9 Å². The van der Waals surface area contributed by atoms with Gasteiger partial charge in [-0.3, -0.25) is 4.79 Å². The van der Waals surface area contributed by atoms with Crippen LogP contribution >= 0.6 is 0 Å². The van der Waals surface area contributed by atoms with Crippen LogP contribution in [0.15, 0.2) is 30.3 Å². The van der Waals surface area contributed by atoms with Crippen molar-refractivity contribution in [1.82, 2.24) is 14.7 Å². The molecule has 1 amide bonds. The summed E-state index contributed by atoms with van der Waals surface area (Å²) in [5, 5.41) is 13.6. The molecule has 0 unspecified atom stereocenters. The minimum Gasteiger partial charge on any atom is -0.480 e. The number of carbonyl (C=O) groups excluding carboxylic acids is 1. The van der Waals surface area contributed by atoms with E-state index in [1.165, 1.54) is 25.8 Å². The number of aromatic nitrogens is 2. The fourth-order valence-electron chi connectivity index (χ4n) is 2.23. The first kappa shape index (κ1) is 16.7. The average Bonchev–Trinajstić information content (AvgIpc) is 2.84. The summed E-state index contributed by atoms with van der Waals surface area (Å²) in [5.41, 5.74) is 1.95. The van der Waals surface area contributed by atoms with Gasteiger partial charge in [0.15, 0.2) is 0 Å². The van der Waals surface area contributed by atoms with Crippen molar-refractivity contribution < 1.29 is 14.7 Å². The minimum absolute atomic E-state index is 0.336. The molecule has 1 N–H and O–H groups in total. The molecule has 0 saturated carbocycles. The summed E-state index contributed by atoms with van der Waals surface area (Å²) in [5.74, 6) is -1.38. The molecule has 2 aromatic rings. The number of hydrogen-bond acceptors (Lipinski definition) is 3. The molecule has 1 aromatic carbocycles. The predicted octanol–water partition coefficient (Wildman–Crippen LogP) is 2.42. The van der Waals surface area contributed by atoms with Crippen LogP contribution in [0.25, 0.3) is 5.69 Å². The zero-order valence-corrected chi connectivity index (χ0v) is 14.0. The number of carboxylic acid groups (broad SMARTS) is 1. The number of amides is 1. The van der Waals surface area contributed by atoms with Crippen molar-refractivity contribution in [2.24, 2.45) is 0 Å². The summed E-state index contributed by atoms with van der Waals surface area (Å²) in [6.07, 6.45) is 0. The zero-order chi connectivity index (χ0) is 17.4. The first-order valence-corrected chi connectivity index (χ1v) is 7.30. The molecular weight excluding hydrogens is 294 g/mol. The topological polar surface area (TPSA) is 75.4 Å². The molecule has 6 heteroatoms. The Morgan fingerprint density at radius 3 is 2.17 bits per heavy atom. The highest BCUT2D eigenvalue weighted by Crippen LogP contribution is 2.18. The van der Waals surface area contributed by atoms with E-state index in [-0.39, 0.29) is 5.91 Å². The second kappa shape index (κ2) is 5.87. The molecule has 0 aliphatic heterocycles. The molecule has 23 heavy (non-hydrogen) atoms. The predicted molar refractivity (Wildman–Crippen MR) is 86.8 cm³/mol. The van der Waals surface area contributed by atoms with E-state index in [1.54, 1.807) is 28.9 Å². The maximum absolute atomic E-state index is 12.5. The summed E-state index contributed by atoms with van der Waals surface area (Å²) in [6.45, 7) is 6.88. The summed E-state index contributed by atoms with van der Waals surface area (Å²) in [7, 11) is 1.49. The lowest BCUT2D eigenvalue weighted by molar-refractivity contribution is -0.147. The number of benzene rings is 1. The van der Waals surface area contributed by atoms with Crippen molar-refractivity contribution in [2.45, 2.75) is 33.2 Å². The lowest BCUT2D eigenvalue weighted by Gasteiger charge is -2.31. The van der Waals surface area contributed by atoms with E-state index in [9.17, 15) is 14.7 Å². The highest BCUT2D eigenvalue weighted by Gasteiger charge is 2.35. The Balaban J connectivity index is 2.28. The first-order valence-electron chi connectivity index (χ1n) is 7.30. The minimum atomic E-state index is -1.27. The van der Waals surface area contributed by atoms with Crippen LogP contribution in [0.3, 0.4) is 0 Å². The number of nitrogens with zero attached hydrogens (tertiary/aromatic N) is 3. The van der Waals surface area contributed by atoms with Gasteiger partial charge in [-0.15, -0.1) is 0 Å². The van der Waals surface area contributed by atoms with Gasteiger partial charge in [-0.1, -0.05) is 0 Å². The van der Waals surface area contributed by atoms with Crippen molar-refractivity contribution in [3.05, 3.63) is 47.3 Å². The molecule has 0 fully saturated rings. The average molecular weight is 315 g/mol. The molecule has 1 heterocycles. The Bertz CT molecular complexity index is 745. The Morgan fingerprint density at radius 2 is 1.74 bits per heavy atom. The Hall–Kier alpha value is -2.63. The van der Waals surface area contributed by atoms with Gasteiger partial charge >= 0.3 is 5.97 Å². The van der Waals surface area contributed by atoms with E-state index < -0.39 is 11.5 Å². The summed E-state index contributed by atoms with van der Waals surface area (Å²) in [6, 6.07) is 8.94. The molecule has 0 bridgehead atoms. The molecule has 0 aliphatic rings. The Morgan fingerprint density at radius 1 is 1.17 bits per heavy atom. The van der Waals surface area contributed by atoms with Gasteiger partial charge in [-0.2, -0.15) is 5.10 Å². The highest BCUT2D eigenvalue weighted by molar-refractivity contribution is 5.97. The number of likely N-dealkylation sites (N-methyl/N-ethyl adjacent to an activating group) is 1. The third-order valence-corrected chi connectivity index (χ3v) is 4.03. The number of aryl methyl sites for hydroxylation is 2. The molecule has 1 aromatic heterocycles. The largest absolute Gasteiger partial charge is 0.480 e. The van der Waals surface area contributed by atoms with Crippen molar-refractivity contribution in [3.8, 4) is 5.69 Å². The van der Waals surface area contributed by atoms with Gasteiger partial charge in [-0.05, 0) is 58.0 Å². The number of carboxylic acids is 1. The molecular formula is C17H21N3O3. The quantitative estimate of drug-likeness (QED) is 0.940. The smallest absolute Gasteiger partial charge is 0.329 e. The lowest BCUT2D eigenvalue weighted by Crippen LogP contribution is -2.50. The maximum Gasteiger partial charge on any atom is 0.329 e. The molecule has 0 aliphatic carbocycles. The fourth-order valence-corrected chi connectivity index (χ4v) is 2.23. The second-order valence-electron chi connectivity index (χ2n) is 6.11. The Labute approximate surface area is 135 Å². The number of rotatable bonds is 4. The monoisotopic (exact) mass is 315 g/mol. The zero-order valence-electron chi connectivity index (χ0n) is 14.0. The van der Waals surface area contributed by atoms with Gasteiger partial charge in [0, 0.05) is 18.3 Å². The van der Waals surface area contributed by atoms with Gasteiger partial charge < -0.3 is 10.0 Å².